The lowest BCUT2D eigenvalue weighted by atomic mass is 10.0. The summed E-state index contributed by atoms with van der Waals surface area (Å²) in [5.41, 5.74) is 0.810. The number of rotatable bonds is 3. The van der Waals surface area contributed by atoms with Gasteiger partial charge in [0.05, 0.1) is 5.56 Å². The molecule has 3 rings (SSSR count). The minimum atomic E-state index is -0.958. The maximum absolute atomic E-state index is 14.2. The molecule has 3 aromatic rings. The van der Waals surface area contributed by atoms with Crippen molar-refractivity contribution in [2.75, 3.05) is 0 Å². The largest absolute Gasteiger partial charge is 0.204 e. The van der Waals surface area contributed by atoms with E-state index in [1.165, 1.54) is 6.07 Å². The zero-order valence-corrected chi connectivity index (χ0v) is 14.2. The summed E-state index contributed by atoms with van der Waals surface area (Å²) in [7, 11) is 0. The van der Waals surface area contributed by atoms with Gasteiger partial charge in [-0.1, -0.05) is 37.3 Å². The van der Waals surface area contributed by atoms with E-state index in [9.17, 15) is 17.6 Å². The zero-order chi connectivity index (χ0) is 18.7. The van der Waals surface area contributed by atoms with Crippen molar-refractivity contribution < 1.29 is 17.6 Å². The van der Waals surface area contributed by atoms with Crippen LogP contribution in [-0.4, -0.2) is 0 Å². The van der Waals surface area contributed by atoms with Gasteiger partial charge in [-0.05, 0) is 59.5 Å². The first kappa shape index (κ1) is 18.0. The van der Waals surface area contributed by atoms with E-state index in [-0.39, 0.29) is 5.56 Å². The quantitative estimate of drug-likeness (QED) is 0.391. The van der Waals surface area contributed by atoms with Crippen molar-refractivity contribution in [3.63, 3.8) is 0 Å². The van der Waals surface area contributed by atoms with Crippen LogP contribution < -0.4 is 0 Å². The number of unbranched alkanes of at least 4 members (excludes halogenated alkanes) is 1. The normalized spacial score (nSPS) is 10.7. The van der Waals surface area contributed by atoms with Crippen LogP contribution in [0.25, 0.3) is 10.8 Å². The molecule has 0 spiro atoms. The van der Waals surface area contributed by atoms with Gasteiger partial charge in [-0.2, -0.15) is 0 Å². The number of aryl methyl sites for hydroxylation is 1. The summed E-state index contributed by atoms with van der Waals surface area (Å²) in [6.07, 6.45) is 2.17. The summed E-state index contributed by atoms with van der Waals surface area (Å²) in [5, 5.41) is 1.02. The molecule has 0 atom stereocenters. The van der Waals surface area contributed by atoms with Crippen LogP contribution in [0.4, 0.5) is 17.6 Å². The molecule has 0 unspecified atom stereocenters. The van der Waals surface area contributed by atoms with Crippen LogP contribution >= 0.6 is 0 Å². The van der Waals surface area contributed by atoms with E-state index in [0.29, 0.717) is 28.3 Å². The highest BCUT2D eigenvalue weighted by Gasteiger charge is 2.11. The fourth-order valence-corrected chi connectivity index (χ4v) is 2.71. The Morgan fingerprint density at radius 2 is 1.50 bits per heavy atom. The summed E-state index contributed by atoms with van der Waals surface area (Å²) in [6.45, 7) is 1.98. The first-order valence-electron chi connectivity index (χ1n) is 8.37. The molecule has 0 radical (unpaired) electrons. The second kappa shape index (κ2) is 7.61. The molecule has 0 amide bonds. The van der Waals surface area contributed by atoms with Gasteiger partial charge in [-0.15, -0.1) is 0 Å². The Morgan fingerprint density at radius 1 is 0.769 bits per heavy atom. The molecule has 132 valence electrons. The van der Waals surface area contributed by atoms with E-state index in [2.05, 4.69) is 11.8 Å². The van der Waals surface area contributed by atoms with E-state index in [1.54, 1.807) is 24.3 Å². The van der Waals surface area contributed by atoms with Gasteiger partial charge < -0.3 is 0 Å². The van der Waals surface area contributed by atoms with E-state index in [1.807, 2.05) is 6.92 Å². The molecule has 0 saturated heterocycles. The summed E-state index contributed by atoms with van der Waals surface area (Å²) >= 11 is 0. The van der Waals surface area contributed by atoms with Crippen LogP contribution in [0, 0.1) is 35.1 Å². The van der Waals surface area contributed by atoms with E-state index >= 15 is 0 Å². The lowest BCUT2D eigenvalue weighted by molar-refractivity contribution is 0.495. The Kier molecular flexibility index (Phi) is 5.27. The third kappa shape index (κ3) is 3.72. The highest BCUT2D eigenvalue weighted by molar-refractivity contribution is 5.84. The molecule has 0 aromatic heterocycles. The second-order valence-electron chi connectivity index (χ2n) is 6.08. The summed E-state index contributed by atoms with van der Waals surface area (Å²) in [5.74, 6) is 1.67. The van der Waals surface area contributed by atoms with Crippen molar-refractivity contribution >= 4 is 10.8 Å². The first-order chi connectivity index (χ1) is 12.5. The third-order valence-corrected chi connectivity index (χ3v) is 4.18. The Balaban J connectivity index is 1.93. The molecule has 0 nitrogen and oxygen atoms in total. The summed E-state index contributed by atoms with van der Waals surface area (Å²) in [4.78, 5) is 0. The van der Waals surface area contributed by atoms with Gasteiger partial charge in [-0.25, -0.2) is 17.6 Å². The molecule has 26 heavy (non-hydrogen) atoms. The van der Waals surface area contributed by atoms with Crippen LogP contribution in [0.1, 0.15) is 36.5 Å². The van der Waals surface area contributed by atoms with Gasteiger partial charge in [0.1, 0.15) is 0 Å². The fourth-order valence-electron chi connectivity index (χ4n) is 2.71. The molecule has 0 aliphatic carbocycles. The fraction of sp³-hybridized carbons (Fsp3) is 0.182. The number of benzene rings is 3. The van der Waals surface area contributed by atoms with Crippen molar-refractivity contribution in [2.45, 2.75) is 26.2 Å². The predicted octanol–water partition coefficient (Wildman–Crippen LogP) is 6.14. The molecule has 0 fully saturated rings. The molecule has 0 aliphatic heterocycles. The molecule has 0 saturated carbocycles. The zero-order valence-electron chi connectivity index (χ0n) is 14.2. The van der Waals surface area contributed by atoms with E-state index in [4.69, 9.17) is 0 Å². The van der Waals surface area contributed by atoms with Gasteiger partial charge in [0.25, 0.3) is 0 Å². The van der Waals surface area contributed by atoms with Gasteiger partial charge >= 0.3 is 0 Å². The Labute approximate surface area is 149 Å². The molecule has 4 heteroatoms. The minimum Gasteiger partial charge on any atom is -0.204 e. The van der Waals surface area contributed by atoms with Gasteiger partial charge in [-0.3, -0.25) is 0 Å². The smallest absolute Gasteiger partial charge is 0.174 e. The van der Waals surface area contributed by atoms with Crippen LogP contribution in [0.3, 0.4) is 0 Å². The highest BCUT2D eigenvalue weighted by atomic mass is 19.2. The topological polar surface area (TPSA) is 0 Å². The first-order valence-corrected chi connectivity index (χ1v) is 8.37. The lowest BCUT2D eigenvalue weighted by Crippen LogP contribution is -1.97. The van der Waals surface area contributed by atoms with Gasteiger partial charge in [0.15, 0.2) is 23.3 Å². The van der Waals surface area contributed by atoms with Crippen molar-refractivity contribution in [1.82, 2.24) is 0 Å². The predicted molar refractivity (Wildman–Crippen MR) is 94.8 cm³/mol. The second-order valence-corrected chi connectivity index (χ2v) is 6.08. The maximum Gasteiger partial charge on any atom is 0.174 e. The number of halogens is 4. The molecule has 0 heterocycles. The highest BCUT2D eigenvalue weighted by Crippen LogP contribution is 2.21. The average Bonchev–Trinajstić information content (AvgIpc) is 2.63. The Hall–Kier alpha value is -2.80. The van der Waals surface area contributed by atoms with E-state index < -0.39 is 23.3 Å². The number of hydrogen-bond donors (Lipinski definition) is 0. The molecular weight excluding hydrogens is 340 g/mol. The monoisotopic (exact) mass is 356 g/mol. The summed E-state index contributed by atoms with van der Waals surface area (Å²) < 4.78 is 54.8. The average molecular weight is 356 g/mol. The van der Waals surface area contributed by atoms with Crippen LogP contribution in [0.5, 0.6) is 0 Å². The van der Waals surface area contributed by atoms with Crippen molar-refractivity contribution in [3.8, 4) is 11.8 Å². The molecule has 0 N–H and O–H groups in total. The third-order valence-electron chi connectivity index (χ3n) is 4.18. The molecular formula is C22H16F4. The van der Waals surface area contributed by atoms with Crippen molar-refractivity contribution in [1.29, 1.82) is 0 Å². The minimum absolute atomic E-state index is 0.0341. The standard InChI is InChI=1S/C22H16F4/c1-2-3-4-15-9-10-16(22(26)21(15)25)7-5-14-6-8-17-12-19(23)20(24)13-18(17)11-14/h6,8-13H,2-4H2,1H3. The number of fused-ring (bicyclic) bond motifs is 1. The van der Waals surface area contributed by atoms with Crippen molar-refractivity contribution in [3.05, 3.63) is 82.4 Å². The maximum atomic E-state index is 14.2. The molecule has 3 aromatic carbocycles. The SMILES string of the molecule is CCCCc1ccc(C#Cc2ccc3cc(F)c(F)cc3c2)c(F)c1F. The van der Waals surface area contributed by atoms with E-state index in [0.717, 1.165) is 25.0 Å². The Bertz CT molecular complexity index is 1030. The van der Waals surface area contributed by atoms with Gasteiger partial charge in [0, 0.05) is 5.56 Å². The molecule has 0 bridgehead atoms. The van der Waals surface area contributed by atoms with Crippen LogP contribution in [-0.2, 0) is 6.42 Å². The van der Waals surface area contributed by atoms with Gasteiger partial charge in [0.2, 0.25) is 0 Å². The van der Waals surface area contributed by atoms with Crippen molar-refractivity contribution in [2.24, 2.45) is 0 Å². The number of hydrogen-bond acceptors (Lipinski definition) is 0. The molecule has 0 aliphatic rings. The summed E-state index contributed by atoms with van der Waals surface area (Å²) in [6, 6.07) is 10.0. The lowest BCUT2D eigenvalue weighted by Gasteiger charge is -2.04. The Morgan fingerprint density at radius 3 is 2.23 bits per heavy atom. The van der Waals surface area contributed by atoms with Crippen LogP contribution in [0.2, 0.25) is 0 Å². The van der Waals surface area contributed by atoms with Crippen LogP contribution in [0.15, 0.2) is 42.5 Å².